The van der Waals surface area contributed by atoms with Gasteiger partial charge in [0.15, 0.2) is 5.92 Å². The number of hydrogen-bond acceptors (Lipinski definition) is 5. The predicted molar refractivity (Wildman–Crippen MR) is 82.1 cm³/mol. The third-order valence-electron chi connectivity index (χ3n) is 2.81. The molecule has 0 bridgehead atoms. The second-order valence-electron chi connectivity index (χ2n) is 5.96. The van der Waals surface area contributed by atoms with E-state index < -0.39 is 23.5 Å². The minimum atomic E-state index is -0.970. The van der Waals surface area contributed by atoms with Gasteiger partial charge in [-0.1, -0.05) is 30.3 Å². The van der Waals surface area contributed by atoms with Gasteiger partial charge in [0.05, 0.1) is 0 Å². The summed E-state index contributed by atoms with van der Waals surface area (Å²) in [6.45, 7) is 5.69. The topological polar surface area (TPSA) is 61.8 Å². The highest BCUT2D eigenvalue weighted by atomic mass is 16.6. The molecule has 0 saturated heterocycles. The zero-order valence-corrected chi connectivity index (χ0v) is 13.6. The Bertz CT molecular complexity index is 476. The van der Waals surface area contributed by atoms with Gasteiger partial charge in [0, 0.05) is 13.7 Å². The number of hydrogen-bond donors (Lipinski definition) is 0. The van der Waals surface area contributed by atoms with Crippen LogP contribution >= 0.6 is 0 Å². The minimum absolute atomic E-state index is 0.131. The molecule has 1 atom stereocenters. The van der Waals surface area contributed by atoms with Gasteiger partial charge in [-0.15, -0.1) is 0 Å². The molecule has 0 N–H and O–H groups in total. The van der Waals surface area contributed by atoms with Crippen molar-refractivity contribution < 1.29 is 23.8 Å². The fourth-order valence-electron chi connectivity index (χ4n) is 1.77. The number of carbonyl (C=O) groups excluding carboxylic acids is 2. The van der Waals surface area contributed by atoms with Crippen LogP contribution < -0.4 is 0 Å². The lowest BCUT2D eigenvalue weighted by atomic mass is 10.1. The summed E-state index contributed by atoms with van der Waals surface area (Å²) in [5.74, 6) is -2.14. The summed E-state index contributed by atoms with van der Waals surface area (Å²) in [5.41, 5.74) is 0.216. The summed E-state index contributed by atoms with van der Waals surface area (Å²) in [5, 5.41) is 0. The molecule has 1 unspecified atom stereocenters. The van der Waals surface area contributed by atoms with Gasteiger partial charge in [0.1, 0.15) is 12.2 Å². The molecule has 1 aromatic rings. The Morgan fingerprint density at radius 3 is 2.27 bits per heavy atom. The van der Waals surface area contributed by atoms with Crippen LogP contribution in [-0.2, 0) is 30.4 Å². The van der Waals surface area contributed by atoms with Crippen LogP contribution in [0.3, 0.4) is 0 Å². The second kappa shape index (κ2) is 8.54. The van der Waals surface area contributed by atoms with E-state index in [1.807, 2.05) is 30.3 Å². The summed E-state index contributed by atoms with van der Waals surface area (Å²) >= 11 is 0. The van der Waals surface area contributed by atoms with Gasteiger partial charge in [0.2, 0.25) is 0 Å². The highest BCUT2D eigenvalue weighted by Gasteiger charge is 2.32. The van der Waals surface area contributed by atoms with E-state index in [4.69, 9.17) is 14.2 Å². The van der Waals surface area contributed by atoms with E-state index in [1.54, 1.807) is 20.8 Å². The van der Waals surface area contributed by atoms with Crippen molar-refractivity contribution in [1.82, 2.24) is 0 Å². The highest BCUT2D eigenvalue weighted by molar-refractivity contribution is 5.95. The van der Waals surface area contributed by atoms with Crippen LogP contribution in [0.15, 0.2) is 30.3 Å². The van der Waals surface area contributed by atoms with Crippen LogP contribution in [0, 0.1) is 5.92 Å². The lowest BCUT2D eigenvalue weighted by molar-refractivity contribution is -0.170. The van der Waals surface area contributed by atoms with Crippen LogP contribution in [0.4, 0.5) is 0 Å². The molecule has 1 aromatic carbocycles. The van der Waals surface area contributed by atoms with Crippen molar-refractivity contribution in [2.45, 2.75) is 39.4 Å². The van der Waals surface area contributed by atoms with Crippen molar-refractivity contribution in [1.29, 1.82) is 0 Å². The van der Waals surface area contributed by atoms with Crippen LogP contribution in [-0.4, -0.2) is 31.3 Å². The lowest BCUT2D eigenvalue weighted by Gasteiger charge is -2.23. The van der Waals surface area contributed by atoms with Gasteiger partial charge in [-0.25, -0.2) is 0 Å². The number of rotatable bonds is 7. The van der Waals surface area contributed by atoms with Gasteiger partial charge in [0.25, 0.3) is 0 Å². The molecule has 0 aromatic heterocycles. The average molecular weight is 308 g/mol. The molecule has 0 saturated carbocycles. The summed E-state index contributed by atoms with van der Waals surface area (Å²) < 4.78 is 15.5. The summed E-state index contributed by atoms with van der Waals surface area (Å²) in [6.07, 6.45) is 0.235. The van der Waals surface area contributed by atoms with E-state index in [0.29, 0.717) is 0 Å². The predicted octanol–water partition coefficient (Wildman–Crippen LogP) is 2.72. The number of methoxy groups -OCH3 is 1. The van der Waals surface area contributed by atoms with Gasteiger partial charge >= 0.3 is 11.9 Å². The molecule has 0 radical (unpaired) electrons. The Hall–Kier alpha value is -1.88. The van der Waals surface area contributed by atoms with Gasteiger partial charge < -0.3 is 14.2 Å². The standard InChI is InChI=1S/C17H24O5/c1-17(2,3)22-16(19)14(10-11-20-4)15(18)21-12-13-8-6-5-7-9-13/h5-9,14H,10-12H2,1-4H3. The molecule has 0 heterocycles. The molecule has 0 aliphatic carbocycles. The first-order chi connectivity index (χ1) is 10.3. The Morgan fingerprint density at radius 1 is 1.09 bits per heavy atom. The maximum Gasteiger partial charge on any atom is 0.320 e. The van der Waals surface area contributed by atoms with Crippen LogP contribution in [0.2, 0.25) is 0 Å². The van der Waals surface area contributed by atoms with Crippen molar-refractivity contribution in [3.63, 3.8) is 0 Å². The normalized spacial score (nSPS) is 12.5. The molecule has 1 rings (SSSR count). The van der Waals surface area contributed by atoms with Crippen LogP contribution in [0.5, 0.6) is 0 Å². The summed E-state index contributed by atoms with van der Waals surface area (Å²) in [4.78, 5) is 24.3. The second-order valence-corrected chi connectivity index (χ2v) is 5.96. The summed E-state index contributed by atoms with van der Waals surface area (Å²) in [6, 6.07) is 9.31. The van der Waals surface area contributed by atoms with Gasteiger partial charge in [-0.05, 0) is 32.8 Å². The van der Waals surface area contributed by atoms with E-state index in [0.717, 1.165) is 5.56 Å². The quantitative estimate of drug-likeness (QED) is 0.572. The zero-order chi connectivity index (χ0) is 16.6. The fraction of sp³-hybridized carbons (Fsp3) is 0.529. The van der Waals surface area contributed by atoms with Gasteiger partial charge in [-0.3, -0.25) is 9.59 Å². The molecule has 0 fully saturated rings. The molecule has 0 aliphatic heterocycles. The van der Waals surface area contributed by atoms with E-state index in [-0.39, 0.29) is 19.6 Å². The Kier molecular flexibility index (Phi) is 7.05. The first-order valence-electron chi connectivity index (χ1n) is 7.26. The average Bonchev–Trinajstić information content (AvgIpc) is 2.44. The van der Waals surface area contributed by atoms with Crippen LogP contribution in [0.1, 0.15) is 32.8 Å². The van der Waals surface area contributed by atoms with E-state index in [2.05, 4.69) is 0 Å². The first-order valence-corrected chi connectivity index (χ1v) is 7.26. The van der Waals surface area contributed by atoms with Crippen LogP contribution in [0.25, 0.3) is 0 Å². The van der Waals surface area contributed by atoms with Crippen molar-refractivity contribution in [2.24, 2.45) is 5.92 Å². The zero-order valence-electron chi connectivity index (χ0n) is 13.6. The van der Waals surface area contributed by atoms with Crippen molar-refractivity contribution in [3.05, 3.63) is 35.9 Å². The van der Waals surface area contributed by atoms with E-state index in [1.165, 1.54) is 7.11 Å². The molecule has 0 amide bonds. The molecule has 5 heteroatoms. The molecular formula is C17H24O5. The minimum Gasteiger partial charge on any atom is -0.460 e. The van der Waals surface area contributed by atoms with Crippen molar-refractivity contribution >= 4 is 11.9 Å². The maximum absolute atomic E-state index is 12.2. The summed E-state index contributed by atoms with van der Waals surface area (Å²) in [7, 11) is 1.52. The highest BCUT2D eigenvalue weighted by Crippen LogP contribution is 2.16. The molecule has 122 valence electrons. The lowest BCUT2D eigenvalue weighted by Crippen LogP contribution is -2.34. The molecule has 0 aliphatic rings. The Balaban J connectivity index is 2.65. The molecule has 0 spiro atoms. The van der Waals surface area contributed by atoms with Crippen molar-refractivity contribution in [2.75, 3.05) is 13.7 Å². The SMILES string of the molecule is COCCC(C(=O)OCc1ccccc1)C(=O)OC(C)(C)C. The Morgan fingerprint density at radius 2 is 1.73 bits per heavy atom. The largest absolute Gasteiger partial charge is 0.460 e. The van der Waals surface area contributed by atoms with Crippen molar-refractivity contribution in [3.8, 4) is 0 Å². The first kappa shape index (κ1) is 18.2. The smallest absolute Gasteiger partial charge is 0.320 e. The number of ether oxygens (including phenoxy) is 3. The fourth-order valence-corrected chi connectivity index (χ4v) is 1.77. The third-order valence-corrected chi connectivity index (χ3v) is 2.81. The third kappa shape index (κ3) is 6.72. The number of benzene rings is 1. The Labute approximate surface area is 131 Å². The number of carbonyl (C=O) groups is 2. The number of esters is 2. The molecular weight excluding hydrogens is 284 g/mol. The maximum atomic E-state index is 12.2. The van der Waals surface area contributed by atoms with E-state index in [9.17, 15) is 9.59 Å². The molecule has 5 nitrogen and oxygen atoms in total. The van der Waals surface area contributed by atoms with Gasteiger partial charge in [-0.2, -0.15) is 0 Å². The molecule has 22 heavy (non-hydrogen) atoms. The monoisotopic (exact) mass is 308 g/mol. The van der Waals surface area contributed by atoms with E-state index >= 15 is 0 Å².